The van der Waals surface area contributed by atoms with Crippen LogP contribution in [0.1, 0.15) is 17.7 Å². The van der Waals surface area contributed by atoms with Gasteiger partial charge in [-0.25, -0.2) is 18.7 Å². The summed E-state index contributed by atoms with van der Waals surface area (Å²) in [6, 6.07) is 8.32. The molecule has 0 radical (unpaired) electrons. The van der Waals surface area contributed by atoms with Gasteiger partial charge in [-0.05, 0) is 30.3 Å². The molecule has 3 nitrogen and oxygen atoms in total. The van der Waals surface area contributed by atoms with Crippen molar-refractivity contribution in [2.45, 2.75) is 12.6 Å². The lowest BCUT2D eigenvalue weighted by Crippen LogP contribution is -2.04. The molecule has 8 heteroatoms. The summed E-state index contributed by atoms with van der Waals surface area (Å²) in [7, 11) is 0. The Hall–Kier alpha value is -2.90. The molecule has 0 N–H and O–H groups in total. The molecule has 2 heterocycles. The highest BCUT2D eigenvalue weighted by Gasteiger charge is 2.30. The lowest BCUT2D eigenvalue weighted by molar-refractivity contribution is -0.137. The molecule has 0 atom stereocenters. The number of halogens is 5. The summed E-state index contributed by atoms with van der Waals surface area (Å²) in [4.78, 5) is 11.8. The SMILES string of the molecule is FC(F)c1cc(-c2ccc(C(F)(F)F)cc2)nc(-c2ccncc2)n1. The Morgan fingerprint density at radius 3 is 2.00 bits per heavy atom. The largest absolute Gasteiger partial charge is 0.416 e. The first-order valence-corrected chi connectivity index (χ1v) is 7.10. The van der Waals surface area contributed by atoms with Gasteiger partial charge < -0.3 is 0 Å². The Morgan fingerprint density at radius 2 is 1.44 bits per heavy atom. The summed E-state index contributed by atoms with van der Waals surface area (Å²) in [5.41, 5.74) is -0.449. The molecule has 1 aromatic carbocycles. The van der Waals surface area contributed by atoms with Crippen molar-refractivity contribution in [2.75, 3.05) is 0 Å². The summed E-state index contributed by atoms with van der Waals surface area (Å²) in [6.07, 6.45) is -4.38. The van der Waals surface area contributed by atoms with Crippen LogP contribution < -0.4 is 0 Å². The molecular weight excluding hydrogens is 341 g/mol. The number of alkyl halides is 5. The number of rotatable bonds is 3. The minimum Gasteiger partial charge on any atom is -0.265 e. The second-order valence-electron chi connectivity index (χ2n) is 5.11. The van der Waals surface area contributed by atoms with E-state index < -0.39 is 23.9 Å². The average Bonchev–Trinajstić information content (AvgIpc) is 2.61. The van der Waals surface area contributed by atoms with E-state index in [2.05, 4.69) is 15.0 Å². The zero-order valence-corrected chi connectivity index (χ0v) is 12.5. The Balaban J connectivity index is 2.08. The molecule has 0 saturated carbocycles. The normalized spacial score (nSPS) is 11.8. The molecule has 3 rings (SSSR count). The van der Waals surface area contributed by atoms with Gasteiger partial charge in [-0.15, -0.1) is 0 Å². The molecule has 0 unspecified atom stereocenters. The molecule has 0 aliphatic carbocycles. The molecule has 0 amide bonds. The maximum Gasteiger partial charge on any atom is 0.416 e. The number of benzene rings is 1. The summed E-state index contributed by atoms with van der Waals surface area (Å²) in [5.74, 6) is 0.0510. The van der Waals surface area contributed by atoms with Crippen LogP contribution in [0.5, 0.6) is 0 Å². The number of pyridine rings is 1. The van der Waals surface area contributed by atoms with Crippen LogP contribution in [0.25, 0.3) is 22.6 Å². The minimum atomic E-state index is -4.47. The van der Waals surface area contributed by atoms with E-state index in [-0.39, 0.29) is 17.1 Å². The predicted octanol–water partition coefficient (Wildman–Crippen LogP) is 5.16. The van der Waals surface area contributed by atoms with E-state index >= 15 is 0 Å². The Bertz CT molecular complexity index is 862. The minimum absolute atomic E-state index is 0.0510. The standard InChI is InChI=1S/C17H10F5N3/c18-15(19)14-9-13(10-1-3-12(4-2-10)17(20,21)22)24-16(25-14)11-5-7-23-8-6-11/h1-9,15H. The highest BCUT2D eigenvalue weighted by Crippen LogP contribution is 2.32. The van der Waals surface area contributed by atoms with Crippen LogP contribution >= 0.6 is 0 Å². The summed E-state index contributed by atoms with van der Waals surface area (Å²) in [6.45, 7) is 0. The number of aromatic nitrogens is 3. The Kier molecular flexibility index (Phi) is 4.43. The van der Waals surface area contributed by atoms with Crippen molar-refractivity contribution >= 4 is 0 Å². The topological polar surface area (TPSA) is 38.7 Å². The van der Waals surface area contributed by atoms with Crippen LogP contribution in [0, 0.1) is 0 Å². The molecule has 128 valence electrons. The van der Waals surface area contributed by atoms with Crippen molar-refractivity contribution in [1.29, 1.82) is 0 Å². The fourth-order valence-corrected chi connectivity index (χ4v) is 2.19. The van der Waals surface area contributed by atoms with Gasteiger partial charge in [0.2, 0.25) is 0 Å². The van der Waals surface area contributed by atoms with Crippen molar-refractivity contribution in [3.05, 3.63) is 66.1 Å². The van der Waals surface area contributed by atoms with Gasteiger partial charge in [0.15, 0.2) is 5.82 Å². The van der Waals surface area contributed by atoms with E-state index in [0.717, 1.165) is 18.2 Å². The van der Waals surface area contributed by atoms with Gasteiger partial charge in [0.25, 0.3) is 6.43 Å². The second kappa shape index (κ2) is 6.54. The van der Waals surface area contributed by atoms with Gasteiger partial charge in [0.05, 0.1) is 11.3 Å². The zero-order valence-electron chi connectivity index (χ0n) is 12.5. The zero-order chi connectivity index (χ0) is 18.0. The van der Waals surface area contributed by atoms with Crippen molar-refractivity contribution in [3.8, 4) is 22.6 Å². The van der Waals surface area contributed by atoms with Gasteiger partial charge in [0.1, 0.15) is 5.69 Å². The average molecular weight is 351 g/mol. The third-order valence-corrected chi connectivity index (χ3v) is 3.42. The third kappa shape index (κ3) is 3.78. The number of hydrogen-bond acceptors (Lipinski definition) is 3. The number of hydrogen-bond donors (Lipinski definition) is 0. The Labute approximate surface area is 139 Å². The quantitative estimate of drug-likeness (QED) is 0.612. The molecule has 0 spiro atoms. The molecular formula is C17H10F5N3. The maximum absolute atomic E-state index is 13.1. The van der Waals surface area contributed by atoms with Crippen molar-refractivity contribution in [1.82, 2.24) is 15.0 Å². The molecule has 2 aromatic heterocycles. The second-order valence-corrected chi connectivity index (χ2v) is 5.11. The first-order valence-electron chi connectivity index (χ1n) is 7.10. The van der Waals surface area contributed by atoms with Gasteiger partial charge in [-0.3, -0.25) is 4.98 Å². The van der Waals surface area contributed by atoms with E-state index in [1.165, 1.54) is 24.5 Å². The molecule has 0 bridgehead atoms. The van der Waals surface area contributed by atoms with Crippen molar-refractivity contribution < 1.29 is 22.0 Å². The maximum atomic E-state index is 13.1. The smallest absolute Gasteiger partial charge is 0.265 e. The number of nitrogens with zero attached hydrogens (tertiary/aromatic N) is 3. The monoisotopic (exact) mass is 351 g/mol. The van der Waals surface area contributed by atoms with Crippen LogP contribution in [0.2, 0.25) is 0 Å². The van der Waals surface area contributed by atoms with Gasteiger partial charge >= 0.3 is 6.18 Å². The van der Waals surface area contributed by atoms with E-state index in [9.17, 15) is 22.0 Å². The lowest BCUT2D eigenvalue weighted by atomic mass is 10.1. The molecule has 0 fully saturated rings. The molecule has 0 aliphatic heterocycles. The molecule has 0 aliphatic rings. The summed E-state index contributed by atoms with van der Waals surface area (Å²) >= 11 is 0. The van der Waals surface area contributed by atoms with Crippen molar-refractivity contribution in [2.24, 2.45) is 0 Å². The van der Waals surface area contributed by atoms with E-state index in [0.29, 0.717) is 5.56 Å². The van der Waals surface area contributed by atoms with Gasteiger partial charge in [-0.2, -0.15) is 13.2 Å². The van der Waals surface area contributed by atoms with Crippen LogP contribution in [0.4, 0.5) is 22.0 Å². The highest BCUT2D eigenvalue weighted by atomic mass is 19.4. The summed E-state index contributed by atoms with van der Waals surface area (Å²) < 4.78 is 64.2. The Morgan fingerprint density at radius 1 is 0.800 bits per heavy atom. The van der Waals surface area contributed by atoms with Gasteiger partial charge in [0, 0.05) is 23.5 Å². The van der Waals surface area contributed by atoms with Crippen LogP contribution in [0.15, 0.2) is 54.9 Å². The third-order valence-electron chi connectivity index (χ3n) is 3.42. The van der Waals surface area contributed by atoms with Gasteiger partial charge in [-0.1, -0.05) is 12.1 Å². The fraction of sp³-hybridized carbons (Fsp3) is 0.118. The predicted molar refractivity (Wildman–Crippen MR) is 80.7 cm³/mol. The molecule has 0 saturated heterocycles. The van der Waals surface area contributed by atoms with E-state index in [1.54, 1.807) is 12.1 Å². The van der Waals surface area contributed by atoms with E-state index in [4.69, 9.17) is 0 Å². The van der Waals surface area contributed by atoms with E-state index in [1.807, 2.05) is 0 Å². The molecule has 3 aromatic rings. The van der Waals surface area contributed by atoms with Crippen LogP contribution in [-0.2, 0) is 6.18 Å². The van der Waals surface area contributed by atoms with Crippen LogP contribution in [-0.4, -0.2) is 15.0 Å². The van der Waals surface area contributed by atoms with Crippen molar-refractivity contribution in [3.63, 3.8) is 0 Å². The first kappa shape index (κ1) is 16.9. The van der Waals surface area contributed by atoms with Crippen LogP contribution in [0.3, 0.4) is 0 Å². The highest BCUT2D eigenvalue weighted by molar-refractivity contribution is 5.64. The molecule has 25 heavy (non-hydrogen) atoms. The first-order chi connectivity index (χ1) is 11.8. The summed E-state index contributed by atoms with van der Waals surface area (Å²) in [5, 5.41) is 0. The lowest BCUT2D eigenvalue weighted by Gasteiger charge is -2.10. The fourth-order valence-electron chi connectivity index (χ4n) is 2.19.